The molecule has 0 radical (unpaired) electrons. The number of para-hydroxylation sites is 1. The van der Waals surface area contributed by atoms with Crippen LogP contribution in [0.25, 0.3) is 22.4 Å². The zero-order chi connectivity index (χ0) is 20.4. The number of hydrogen-bond donors (Lipinski definition) is 1. The van der Waals surface area contributed by atoms with Crippen LogP contribution in [0.4, 0.5) is 0 Å². The minimum absolute atomic E-state index is 0.103. The average molecular weight is 391 g/mol. The lowest BCUT2D eigenvalue weighted by Gasteiger charge is -2.11. The van der Waals surface area contributed by atoms with Crippen molar-refractivity contribution in [3.05, 3.63) is 76.9 Å². The molecule has 0 aliphatic rings. The molecular formula is C21H17N3O5. The molecule has 0 spiro atoms. The Morgan fingerprint density at radius 1 is 1.14 bits per heavy atom. The Kier molecular flexibility index (Phi) is 4.82. The van der Waals surface area contributed by atoms with E-state index in [2.05, 4.69) is 10.1 Å². The molecule has 2 heterocycles. The first kappa shape index (κ1) is 18.4. The standard InChI is InChI=1S/C21H17N3O5/c1-13(19(26)16-11-22-17-10-6-5-9-15(16)17)28-18(25)12-24-21(27)29-20(23-24)14-7-3-2-4-8-14/h2-11,13,22H,12H2,1H3. The van der Waals surface area contributed by atoms with Gasteiger partial charge < -0.3 is 14.1 Å². The van der Waals surface area contributed by atoms with E-state index in [-0.39, 0.29) is 11.7 Å². The van der Waals surface area contributed by atoms with Crippen LogP contribution in [0.5, 0.6) is 0 Å². The number of hydrogen-bond acceptors (Lipinski definition) is 6. The molecule has 8 heteroatoms. The predicted octanol–water partition coefficient (Wildman–Crippen LogP) is 2.80. The Balaban J connectivity index is 1.45. The number of carbonyl (C=O) groups excluding carboxylic acids is 2. The summed E-state index contributed by atoms with van der Waals surface area (Å²) in [5, 5.41) is 4.76. The van der Waals surface area contributed by atoms with Crippen LogP contribution in [0, 0.1) is 0 Å². The minimum Gasteiger partial charge on any atom is -0.453 e. The van der Waals surface area contributed by atoms with Crippen LogP contribution in [0.3, 0.4) is 0 Å². The Labute approximate surface area is 164 Å². The van der Waals surface area contributed by atoms with Crippen molar-refractivity contribution in [2.45, 2.75) is 19.6 Å². The van der Waals surface area contributed by atoms with Crippen molar-refractivity contribution in [2.75, 3.05) is 0 Å². The topological polar surface area (TPSA) is 107 Å². The smallest absolute Gasteiger partial charge is 0.437 e. The summed E-state index contributed by atoms with van der Waals surface area (Å²) in [4.78, 5) is 39.9. The van der Waals surface area contributed by atoms with Gasteiger partial charge in [0, 0.05) is 28.2 Å². The van der Waals surface area contributed by atoms with Crippen LogP contribution in [0.15, 0.2) is 70.0 Å². The van der Waals surface area contributed by atoms with E-state index in [1.807, 2.05) is 30.3 Å². The second-order valence-electron chi connectivity index (χ2n) is 6.44. The summed E-state index contributed by atoms with van der Waals surface area (Å²) in [5.41, 5.74) is 1.86. The summed E-state index contributed by atoms with van der Waals surface area (Å²) in [5.74, 6) is -1.78. The van der Waals surface area contributed by atoms with E-state index in [1.54, 1.807) is 30.5 Å². The maximum Gasteiger partial charge on any atom is 0.437 e. The lowest BCUT2D eigenvalue weighted by atomic mass is 10.1. The number of ketones is 1. The van der Waals surface area contributed by atoms with Gasteiger partial charge in [0.1, 0.15) is 6.54 Å². The van der Waals surface area contributed by atoms with Crippen molar-refractivity contribution in [2.24, 2.45) is 0 Å². The van der Waals surface area contributed by atoms with E-state index in [9.17, 15) is 14.4 Å². The van der Waals surface area contributed by atoms with Crippen molar-refractivity contribution < 1.29 is 18.7 Å². The number of nitrogens with one attached hydrogen (secondary N) is 1. The fourth-order valence-electron chi connectivity index (χ4n) is 3.01. The van der Waals surface area contributed by atoms with Gasteiger partial charge in [-0.15, -0.1) is 5.10 Å². The van der Waals surface area contributed by atoms with E-state index < -0.39 is 24.4 Å². The molecule has 0 amide bonds. The highest BCUT2D eigenvalue weighted by molar-refractivity contribution is 6.10. The molecule has 0 bridgehead atoms. The molecule has 0 saturated heterocycles. The van der Waals surface area contributed by atoms with Gasteiger partial charge in [-0.25, -0.2) is 4.79 Å². The highest BCUT2D eigenvalue weighted by Crippen LogP contribution is 2.20. The normalized spacial score (nSPS) is 12.0. The fourth-order valence-corrected chi connectivity index (χ4v) is 3.01. The Hall–Kier alpha value is -3.94. The minimum atomic E-state index is -1.02. The number of aromatic nitrogens is 3. The van der Waals surface area contributed by atoms with Crippen LogP contribution >= 0.6 is 0 Å². The number of carbonyl (C=O) groups is 2. The zero-order valence-corrected chi connectivity index (χ0v) is 15.5. The first-order valence-corrected chi connectivity index (χ1v) is 8.96. The van der Waals surface area contributed by atoms with Gasteiger partial charge in [-0.3, -0.25) is 9.59 Å². The van der Waals surface area contributed by atoms with Crippen LogP contribution in [-0.4, -0.2) is 32.6 Å². The molecule has 4 aromatic rings. The number of aromatic amines is 1. The predicted molar refractivity (Wildman–Crippen MR) is 104 cm³/mol. The SMILES string of the molecule is CC(OC(=O)Cn1nc(-c2ccccc2)oc1=O)C(=O)c1c[nH]c2ccccc12. The molecule has 1 N–H and O–H groups in total. The van der Waals surface area contributed by atoms with Crippen molar-refractivity contribution >= 4 is 22.7 Å². The number of benzene rings is 2. The second-order valence-corrected chi connectivity index (χ2v) is 6.44. The molecule has 0 fully saturated rings. The van der Waals surface area contributed by atoms with Crippen molar-refractivity contribution in [3.8, 4) is 11.5 Å². The summed E-state index contributed by atoms with van der Waals surface area (Å²) < 4.78 is 11.2. The average Bonchev–Trinajstić information content (AvgIpc) is 3.32. The van der Waals surface area contributed by atoms with E-state index in [0.717, 1.165) is 15.6 Å². The lowest BCUT2D eigenvalue weighted by Crippen LogP contribution is -2.29. The molecule has 2 aromatic carbocycles. The van der Waals surface area contributed by atoms with Gasteiger partial charge in [-0.2, -0.15) is 4.68 Å². The van der Waals surface area contributed by atoms with Crippen LogP contribution in [0.2, 0.25) is 0 Å². The summed E-state index contributed by atoms with van der Waals surface area (Å²) >= 11 is 0. The molecule has 4 rings (SSSR count). The first-order chi connectivity index (χ1) is 14.0. The highest BCUT2D eigenvalue weighted by Gasteiger charge is 2.23. The second kappa shape index (κ2) is 7.59. The van der Waals surface area contributed by atoms with Crippen LogP contribution in [-0.2, 0) is 16.1 Å². The van der Waals surface area contributed by atoms with Gasteiger partial charge in [0.05, 0.1) is 0 Å². The fraction of sp³-hybridized carbons (Fsp3) is 0.143. The number of fused-ring (bicyclic) bond motifs is 1. The molecule has 2 aromatic heterocycles. The number of Topliss-reactive ketones (excluding diaryl/α,β-unsaturated/α-hetero) is 1. The number of esters is 1. The van der Waals surface area contributed by atoms with Gasteiger partial charge in [0.25, 0.3) is 0 Å². The summed E-state index contributed by atoms with van der Waals surface area (Å²) in [6.45, 7) is 1.03. The Morgan fingerprint density at radius 2 is 1.86 bits per heavy atom. The van der Waals surface area contributed by atoms with Gasteiger partial charge in [-0.05, 0) is 25.1 Å². The number of rotatable bonds is 6. The van der Waals surface area contributed by atoms with E-state index >= 15 is 0 Å². The molecule has 1 atom stereocenters. The third-order valence-corrected chi connectivity index (χ3v) is 4.44. The molecule has 0 saturated carbocycles. The molecule has 0 aliphatic carbocycles. The van der Waals surface area contributed by atoms with Gasteiger partial charge >= 0.3 is 11.7 Å². The summed E-state index contributed by atoms with van der Waals surface area (Å²) in [7, 11) is 0. The van der Waals surface area contributed by atoms with E-state index in [4.69, 9.17) is 9.15 Å². The maximum atomic E-state index is 12.7. The summed E-state index contributed by atoms with van der Waals surface area (Å²) in [6.07, 6.45) is 0.573. The van der Waals surface area contributed by atoms with Crippen molar-refractivity contribution in [3.63, 3.8) is 0 Å². The van der Waals surface area contributed by atoms with E-state index in [1.165, 1.54) is 6.92 Å². The number of nitrogens with zero attached hydrogens (tertiary/aromatic N) is 2. The van der Waals surface area contributed by atoms with Gasteiger partial charge in [-0.1, -0.05) is 36.4 Å². The van der Waals surface area contributed by atoms with Crippen LogP contribution < -0.4 is 5.76 Å². The third kappa shape index (κ3) is 3.73. The monoisotopic (exact) mass is 391 g/mol. The number of ether oxygens (including phenoxy) is 1. The maximum absolute atomic E-state index is 12.7. The highest BCUT2D eigenvalue weighted by atomic mass is 16.5. The zero-order valence-electron chi connectivity index (χ0n) is 15.5. The lowest BCUT2D eigenvalue weighted by molar-refractivity contribution is -0.147. The molecule has 8 nitrogen and oxygen atoms in total. The van der Waals surface area contributed by atoms with Crippen molar-refractivity contribution in [1.29, 1.82) is 0 Å². The molecule has 1 unspecified atom stereocenters. The van der Waals surface area contributed by atoms with Crippen molar-refractivity contribution in [1.82, 2.24) is 14.8 Å². The molecule has 146 valence electrons. The number of H-pyrrole nitrogens is 1. The largest absolute Gasteiger partial charge is 0.453 e. The third-order valence-electron chi connectivity index (χ3n) is 4.44. The van der Waals surface area contributed by atoms with Gasteiger partial charge in [0.15, 0.2) is 6.10 Å². The Bertz CT molecular complexity index is 1240. The van der Waals surface area contributed by atoms with Gasteiger partial charge in [0.2, 0.25) is 11.7 Å². The van der Waals surface area contributed by atoms with E-state index in [0.29, 0.717) is 11.1 Å². The first-order valence-electron chi connectivity index (χ1n) is 8.96. The molecule has 0 aliphatic heterocycles. The molecule has 29 heavy (non-hydrogen) atoms. The van der Waals surface area contributed by atoms with Crippen LogP contribution in [0.1, 0.15) is 17.3 Å². The Morgan fingerprint density at radius 3 is 2.66 bits per heavy atom. The quantitative estimate of drug-likeness (QED) is 0.400. The molecular weight excluding hydrogens is 374 g/mol. The summed E-state index contributed by atoms with van der Waals surface area (Å²) in [6, 6.07) is 16.2.